The lowest BCUT2D eigenvalue weighted by Gasteiger charge is -2.38. The second kappa shape index (κ2) is 13.7. The lowest BCUT2D eigenvalue weighted by Crippen LogP contribution is -2.42. The number of pyridine rings is 1. The van der Waals surface area contributed by atoms with E-state index in [0.29, 0.717) is 52.3 Å². The molecule has 0 radical (unpaired) electrons. The summed E-state index contributed by atoms with van der Waals surface area (Å²) in [4.78, 5) is 18.7. The van der Waals surface area contributed by atoms with Crippen LogP contribution in [0, 0.1) is 11.8 Å². The van der Waals surface area contributed by atoms with Crippen LogP contribution in [-0.4, -0.2) is 53.5 Å². The summed E-state index contributed by atoms with van der Waals surface area (Å²) >= 11 is 1.39. The molecular formula is C30H34F4N2O3S. The Morgan fingerprint density at radius 2 is 2.02 bits per heavy atom. The van der Waals surface area contributed by atoms with Gasteiger partial charge in [-0.05, 0) is 104 Å². The molecule has 5 nitrogen and oxygen atoms in total. The summed E-state index contributed by atoms with van der Waals surface area (Å²) in [5.41, 5.74) is 0.613. The van der Waals surface area contributed by atoms with Gasteiger partial charge in [-0.2, -0.15) is 13.2 Å². The highest BCUT2D eigenvalue weighted by Gasteiger charge is 2.32. The molecule has 1 aliphatic rings. The average molecular weight is 579 g/mol. The Labute approximate surface area is 235 Å². The number of aliphatic carboxylic acids is 1. The summed E-state index contributed by atoms with van der Waals surface area (Å²) in [7, 11) is 1.56. The molecule has 10 heteroatoms. The van der Waals surface area contributed by atoms with Gasteiger partial charge in [0.25, 0.3) is 0 Å². The predicted molar refractivity (Wildman–Crippen MR) is 148 cm³/mol. The number of thioether (sulfide) groups is 1. The maximum absolute atomic E-state index is 15.5. The summed E-state index contributed by atoms with van der Waals surface area (Å²) < 4.78 is 59.6. The summed E-state index contributed by atoms with van der Waals surface area (Å²) in [6.07, 6.45) is -1.47. The molecule has 0 spiro atoms. The van der Waals surface area contributed by atoms with Gasteiger partial charge < -0.3 is 14.7 Å². The molecule has 1 aromatic heterocycles. The van der Waals surface area contributed by atoms with Crippen LogP contribution >= 0.6 is 11.8 Å². The number of halogens is 4. The number of alkyl halides is 4. The van der Waals surface area contributed by atoms with Gasteiger partial charge in [-0.3, -0.25) is 9.78 Å². The Balaban J connectivity index is 1.29. The molecule has 3 aromatic rings. The lowest BCUT2D eigenvalue weighted by molar-refractivity contribution is -0.139. The largest absolute Gasteiger partial charge is 0.497 e. The molecule has 0 aliphatic carbocycles. The van der Waals surface area contributed by atoms with Crippen LogP contribution in [0.25, 0.3) is 10.9 Å². The molecule has 216 valence electrons. The Hall–Kier alpha value is -2.85. The van der Waals surface area contributed by atoms with Gasteiger partial charge in [0, 0.05) is 29.4 Å². The minimum Gasteiger partial charge on any atom is -0.497 e. The maximum atomic E-state index is 15.5. The van der Waals surface area contributed by atoms with Crippen LogP contribution in [0.5, 0.6) is 5.75 Å². The van der Waals surface area contributed by atoms with Crippen molar-refractivity contribution in [2.24, 2.45) is 11.8 Å². The molecule has 1 saturated heterocycles. The molecule has 0 unspecified atom stereocenters. The molecular weight excluding hydrogens is 544 g/mol. The van der Waals surface area contributed by atoms with Crippen LogP contribution in [0.3, 0.4) is 0 Å². The highest BCUT2D eigenvalue weighted by atomic mass is 32.2. The number of rotatable bonds is 12. The van der Waals surface area contributed by atoms with Crippen LogP contribution in [-0.2, 0) is 11.0 Å². The van der Waals surface area contributed by atoms with E-state index in [0.717, 1.165) is 32.0 Å². The third-order valence-electron chi connectivity index (χ3n) is 7.57. The van der Waals surface area contributed by atoms with Crippen molar-refractivity contribution in [1.82, 2.24) is 9.88 Å². The molecule has 1 aliphatic heterocycles. The third-order valence-corrected chi connectivity index (χ3v) is 8.65. The van der Waals surface area contributed by atoms with Gasteiger partial charge in [-0.1, -0.05) is 6.07 Å². The molecule has 3 atom stereocenters. The number of fused-ring (bicyclic) bond motifs is 1. The Morgan fingerprint density at radius 3 is 2.77 bits per heavy atom. The van der Waals surface area contributed by atoms with E-state index in [9.17, 15) is 23.1 Å². The van der Waals surface area contributed by atoms with Crippen molar-refractivity contribution >= 4 is 28.6 Å². The number of ether oxygens (including phenoxy) is 1. The van der Waals surface area contributed by atoms with E-state index < -0.39 is 23.9 Å². The van der Waals surface area contributed by atoms with Crippen LogP contribution in [0.1, 0.15) is 49.4 Å². The fourth-order valence-corrected chi connectivity index (χ4v) is 6.39. The van der Waals surface area contributed by atoms with Crippen molar-refractivity contribution in [2.75, 3.05) is 32.5 Å². The van der Waals surface area contributed by atoms with Crippen molar-refractivity contribution in [3.05, 3.63) is 65.9 Å². The topological polar surface area (TPSA) is 62.7 Å². The fraction of sp³-hybridized carbons (Fsp3) is 0.467. The summed E-state index contributed by atoms with van der Waals surface area (Å²) in [5, 5.41) is 10.2. The van der Waals surface area contributed by atoms with Crippen LogP contribution < -0.4 is 4.74 Å². The van der Waals surface area contributed by atoms with Crippen molar-refractivity contribution in [1.29, 1.82) is 0 Å². The SMILES string of the molecule is COc1ccc2nccc([C@@H](F)CC[C@@H]3CCN(CCCSc4cccc(C(F)(F)F)c4)C[C@@H]3CC(=O)O)c2c1. The van der Waals surface area contributed by atoms with Gasteiger partial charge >= 0.3 is 12.1 Å². The van der Waals surface area contributed by atoms with Gasteiger partial charge in [0.1, 0.15) is 11.9 Å². The zero-order chi connectivity index (χ0) is 28.7. The first-order valence-electron chi connectivity index (χ1n) is 13.4. The number of methoxy groups -OCH3 is 1. The Bertz CT molecular complexity index is 1290. The number of carboxylic acids is 1. The van der Waals surface area contributed by atoms with Gasteiger partial charge in [-0.25, -0.2) is 4.39 Å². The summed E-state index contributed by atoms with van der Waals surface area (Å²) in [5.74, 6) is 0.465. The van der Waals surface area contributed by atoms with Crippen molar-refractivity contribution in [3.63, 3.8) is 0 Å². The number of nitrogens with zero attached hydrogens (tertiary/aromatic N) is 2. The number of aromatic nitrogens is 1. The number of benzene rings is 2. The summed E-state index contributed by atoms with van der Waals surface area (Å²) in [6.45, 7) is 2.16. The highest BCUT2D eigenvalue weighted by molar-refractivity contribution is 7.99. The van der Waals surface area contributed by atoms with Crippen molar-refractivity contribution < 1.29 is 32.2 Å². The predicted octanol–water partition coefficient (Wildman–Crippen LogP) is 7.65. The minimum atomic E-state index is -4.36. The van der Waals surface area contributed by atoms with E-state index in [4.69, 9.17) is 4.74 Å². The number of hydrogen-bond donors (Lipinski definition) is 1. The number of piperidine rings is 1. The highest BCUT2D eigenvalue weighted by Crippen LogP contribution is 2.37. The van der Waals surface area contributed by atoms with Crippen molar-refractivity contribution in [3.8, 4) is 5.75 Å². The molecule has 2 heterocycles. The van der Waals surface area contributed by atoms with E-state index in [2.05, 4.69) is 9.88 Å². The zero-order valence-electron chi connectivity index (χ0n) is 22.4. The molecule has 0 amide bonds. The van der Waals surface area contributed by atoms with E-state index >= 15 is 4.39 Å². The van der Waals surface area contributed by atoms with Crippen molar-refractivity contribution in [2.45, 2.75) is 49.3 Å². The molecule has 4 rings (SSSR count). The van der Waals surface area contributed by atoms with Gasteiger partial charge in [0.2, 0.25) is 0 Å². The van der Waals surface area contributed by atoms with Gasteiger partial charge in [0.05, 0.1) is 18.2 Å². The van der Waals surface area contributed by atoms with E-state index in [1.54, 1.807) is 43.6 Å². The lowest BCUT2D eigenvalue weighted by atomic mass is 9.79. The Kier molecular flexibility index (Phi) is 10.3. The first-order chi connectivity index (χ1) is 19.1. The van der Waals surface area contributed by atoms with Crippen LogP contribution in [0.15, 0.2) is 59.6 Å². The first-order valence-corrected chi connectivity index (χ1v) is 14.4. The quantitative estimate of drug-likeness (QED) is 0.135. The van der Waals surface area contributed by atoms with Crippen LogP contribution in [0.2, 0.25) is 0 Å². The zero-order valence-corrected chi connectivity index (χ0v) is 23.2. The molecule has 2 aromatic carbocycles. The monoisotopic (exact) mass is 578 g/mol. The average Bonchev–Trinajstić information content (AvgIpc) is 2.93. The Morgan fingerprint density at radius 1 is 1.20 bits per heavy atom. The molecule has 40 heavy (non-hydrogen) atoms. The van der Waals surface area contributed by atoms with Gasteiger partial charge in [0.15, 0.2) is 0 Å². The maximum Gasteiger partial charge on any atom is 0.416 e. The van der Waals surface area contributed by atoms with Gasteiger partial charge in [-0.15, -0.1) is 11.8 Å². The second-order valence-electron chi connectivity index (χ2n) is 10.3. The third kappa shape index (κ3) is 8.10. The smallest absolute Gasteiger partial charge is 0.416 e. The molecule has 0 saturated carbocycles. The fourth-order valence-electron chi connectivity index (χ4n) is 5.50. The van der Waals surface area contributed by atoms with E-state index in [1.807, 2.05) is 0 Å². The van der Waals surface area contributed by atoms with Crippen LogP contribution in [0.4, 0.5) is 17.6 Å². The second-order valence-corrected chi connectivity index (χ2v) is 11.4. The molecule has 1 N–H and O–H groups in total. The van der Waals surface area contributed by atoms with E-state index in [1.165, 1.54) is 23.9 Å². The molecule has 1 fully saturated rings. The van der Waals surface area contributed by atoms with E-state index in [-0.39, 0.29) is 18.3 Å². The minimum absolute atomic E-state index is 0.0342. The molecule has 0 bridgehead atoms. The number of carbonyl (C=O) groups is 1. The number of likely N-dealkylation sites (tertiary alicyclic amines) is 1. The number of hydrogen-bond acceptors (Lipinski definition) is 5. The summed E-state index contributed by atoms with van der Waals surface area (Å²) in [6, 6.07) is 12.4. The normalized spacial score (nSPS) is 19.0. The number of carboxylic acid groups (broad SMARTS) is 1. The first kappa shape index (κ1) is 30.1. The standard InChI is InChI=1S/C30H34F4N2O3S/c1-39-23-7-9-28-26(18-23)25(10-12-35-28)27(31)8-6-20-11-14-36(19-21(20)16-29(37)38)13-3-15-40-24-5-2-4-22(17-24)30(32,33)34/h2,4-5,7,9-10,12,17-18,20-21,27H,3,6,8,11,13-16,19H2,1H3,(H,37,38)/t20-,21+,27+/m1/s1.